The van der Waals surface area contributed by atoms with E-state index >= 15 is 0 Å². The number of fused-ring (bicyclic) bond motifs is 1. The van der Waals surface area contributed by atoms with Crippen LogP contribution in [0.3, 0.4) is 0 Å². The minimum Gasteiger partial charge on any atom is -0.459 e. The van der Waals surface area contributed by atoms with Gasteiger partial charge in [0.1, 0.15) is 24.8 Å². The van der Waals surface area contributed by atoms with Crippen LogP contribution >= 0.6 is 0 Å². The monoisotopic (exact) mass is 361 g/mol. The third-order valence-electron chi connectivity index (χ3n) is 3.87. The fourth-order valence-electron chi connectivity index (χ4n) is 2.46. The lowest BCUT2D eigenvalue weighted by molar-refractivity contribution is -0.143. The van der Waals surface area contributed by atoms with Crippen LogP contribution in [0.15, 0.2) is 36.4 Å². The topological polar surface area (TPSA) is 84.9 Å². The highest BCUT2D eigenvalue weighted by molar-refractivity contribution is 6.61. The van der Waals surface area contributed by atoms with E-state index in [2.05, 4.69) is 5.32 Å². The lowest BCUT2D eigenvalue weighted by Crippen LogP contribution is -2.33. The summed E-state index contributed by atoms with van der Waals surface area (Å²) in [7, 11) is -1.08. The number of ether oxygens (including phenoxy) is 1. The molecule has 2 aromatic carbocycles. The molecule has 3 rings (SSSR count). The average Bonchev–Trinajstić information content (AvgIpc) is 2.99. The van der Waals surface area contributed by atoms with E-state index in [0.29, 0.717) is 11.5 Å². The van der Waals surface area contributed by atoms with Crippen molar-refractivity contribution in [3.05, 3.63) is 64.7 Å². The van der Waals surface area contributed by atoms with Gasteiger partial charge in [0.25, 0.3) is 5.91 Å². The second kappa shape index (κ2) is 7.63. The fourth-order valence-corrected chi connectivity index (χ4v) is 2.46. The van der Waals surface area contributed by atoms with Crippen LogP contribution in [-0.4, -0.2) is 30.6 Å². The van der Waals surface area contributed by atoms with Crippen molar-refractivity contribution < 1.29 is 32.8 Å². The van der Waals surface area contributed by atoms with Crippen molar-refractivity contribution in [2.24, 2.45) is 0 Å². The number of benzene rings is 2. The Bertz CT molecular complexity index is 861. The minimum absolute atomic E-state index is 0.0266. The molecule has 6 nitrogen and oxygen atoms in total. The molecule has 1 aliphatic rings. The van der Waals surface area contributed by atoms with Gasteiger partial charge in [-0.2, -0.15) is 0 Å². The van der Waals surface area contributed by atoms with Crippen LogP contribution in [0, 0.1) is 11.6 Å². The van der Waals surface area contributed by atoms with Gasteiger partial charge in [-0.1, -0.05) is 6.07 Å². The van der Waals surface area contributed by atoms with E-state index < -0.39 is 37.2 Å². The van der Waals surface area contributed by atoms with E-state index in [1.165, 1.54) is 12.1 Å². The fraction of sp³-hybridized carbons (Fsp3) is 0.176. The zero-order chi connectivity index (χ0) is 18.7. The van der Waals surface area contributed by atoms with Crippen LogP contribution in [0.1, 0.15) is 21.5 Å². The molecule has 9 heteroatoms. The Morgan fingerprint density at radius 2 is 2.04 bits per heavy atom. The highest BCUT2D eigenvalue weighted by Crippen LogP contribution is 2.12. The molecule has 2 N–H and O–H groups in total. The number of hydrogen-bond donors (Lipinski definition) is 2. The summed E-state index contributed by atoms with van der Waals surface area (Å²) in [6, 6.07) is 7.62. The lowest BCUT2D eigenvalue weighted by Gasteiger charge is -2.08. The summed E-state index contributed by atoms with van der Waals surface area (Å²) in [5.74, 6) is -2.85. The van der Waals surface area contributed by atoms with Gasteiger partial charge in [-0.05, 0) is 35.3 Å². The molecule has 0 bridgehead atoms. The number of hydrogen-bond acceptors (Lipinski definition) is 5. The third kappa shape index (κ3) is 4.06. The molecule has 0 saturated carbocycles. The molecule has 0 aromatic heterocycles. The molecule has 134 valence electrons. The first-order valence-electron chi connectivity index (χ1n) is 7.74. The maximum absolute atomic E-state index is 13.4. The van der Waals surface area contributed by atoms with Gasteiger partial charge in [0.2, 0.25) is 0 Å². The maximum Gasteiger partial charge on any atom is 0.491 e. The molecule has 2 aromatic rings. The Hall–Kier alpha value is -2.78. The number of esters is 1. The third-order valence-corrected chi connectivity index (χ3v) is 3.87. The van der Waals surface area contributed by atoms with Crippen LogP contribution in [0.2, 0.25) is 0 Å². The molecule has 1 aliphatic heterocycles. The number of carbonyl (C=O) groups excluding carboxylic acids is 2. The molecule has 1 heterocycles. The zero-order valence-corrected chi connectivity index (χ0v) is 13.5. The summed E-state index contributed by atoms with van der Waals surface area (Å²) in [6.45, 7) is -0.522. The van der Waals surface area contributed by atoms with E-state index in [-0.39, 0.29) is 24.3 Å². The Morgan fingerprint density at radius 1 is 1.23 bits per heavy atom. The molecular weight excluding hydrogens is 347 g/mol. The van der Waals surface area contributed by atoms with Crippen molar-refractivity contribution in [1.82, 2.24) is 5.32 Å². The number of amides is 1. The second-order valence-corrected chi connectivity index (χ2v) is 5.66. The van der Waals surface area contributed by atoms with Crippen molar-refractivity contribution in [3.63, 3.8) is 0 Å². The van der Waals surface area contributed by atoms with Crippen molar-refractivity contribution in [1.29, 1.82) is 0 Å². The van der Waals surface area contributed by atoms with Crippen LogP contribution in [0.5, 0.6) is 0 Å². The van der Waals surface area contributed by atoms with Crippen molar-refractivity contribution in [2.75, 3.05) is 6.54 Å². The van der Waals surface area contributed by atoms with Gasteiger partial charge >= 0.3 is 13.1 Å². The standard InChI is InChI=1S/C17H14BF2NO5/c19-13-4-3-12(15(20)6-13)8-25-16(22)7-21-17(23)10-1-2-11-9-26-18(24)14(11)5-10/h1-6,24H,7-9H2,(H,21,23). The van der Waals surface area contributed by atoms with Gasteiger partial charge in [-0.25, -0.2) is 8.78 Å². The second-order valence-electron chi connectivity index (χ2n) is 5.66. The average molecular weight is 361 g/mol. The summed E-state index contributed by atoms with van der Waals surface area (Å²) in [5.41, 5.74) is 1.58. The molecule has 0 unspecified atom stereocenters. The van der Waals surface area contributed by atoms with Gasteiger partial charge in [0.15, 0.2) is 0 Å². The number of rotatable bonds is 5. The van der Waals surface area contributed by atoms with Crippen LogP contribution in [0.25, 0.3) is 0 Å². The van der Waals surface area contributed by atoms with E-state index in [1.807, 2.05) is 0 Å². The summed E-state index contributed by atoms with van der Waals surface area (Å²) in [6.07, 6.45) is 0. The quantitative estimate of drug-likeness (QED) is 0.604. The molecule has 0 aliphatic carbocycles. The van der Waals surface area contributed by atoms with E-state index in [0.717, 1.165) is 11.6 Å². The van der Waals surface area contributed by atoms with Gasteiger partial charge in [0.05, 0.1) is 6.61 Å². The Morgan fingerprint density at radius 3 is 2.81 bits per heavy atom. The molecule has 0 fully saturated rings. The molecule has 0 spiro atoms. The summed E-state index contributed by atoms with van der Waals surface area (Å²) < 4.78 is 36.1. The van der Waals surface area contributed by atoms with Gasteiger partial charge in [-0.15, -0.1) is 0 Å². The Labute approximate surface area is 147 Å². The smallest absolute Gasteiger partial charge is 0.459 e. The van der Waals surface area contributed by atoms with Crippen LogP contribution in [0.4, 0.5) is 8.78 Å². The van der Waals surface area contributed by atoms with Gasteiger partial charge < -0.3 is 19.7 Å². The minimum atomic E-state index is -1.08. The molecule has 0 atom stereocenters. The predicted octanol–water partition coefficient (Wildman–Crippen LogP) is 0.656. The van der Waals surface area contributed by atoms with Crippen LogP contribution < -0.4 is 10.8 Å². The van der Waals surface area contributed by atoms with Crippen molar-refractivity contribution in [2.45, 2.75) is 13.2 Å². The molecule has 0 radical (unpaired) electrons. The molecule has 26 heavy (non-hydrogen) atoms. The van der Waals surface area contributed by atoms with Gasteiger partial charge in [0, 0.05) is 17.2 Å². The largest absolute Gasteiger partial charge is 0.491 e. The van der Waals surface area contributed by atoms with Crippen molar-refractivity contribution in [3.8, 4) is 0 Å². The highest BCUT2D eigenvalue weighted by atomic mass is 19.1. The normalized spacial score (nSPS) is 12.7. The summed E-state index contributed by atoms with van der Waals surface area (Å²) in [4.78, 5) is 23.8. The van der Waals surface area contributed by atoms with Crippen LogP contribution in [-0.2, 0) is 27.4 Å². The van der Waals surface area contributed by atoms with Gasteiger partial charge in [-0.3, -0.25) is 9.59 Å². The first-order chi connectivity index (χ1) is 12.4. The summed E-state index contributed by atoms with van der Waals surface area (Å²) >= 11 is 0. The zero-order valence-electron chi connectivity index (χ0n) is 13.5. The number of carbonyl (C=O) groups is 2. The number of halogens is 2. The SMILES string of the molecule is O=C(CNC(=O)c1ccc2c(c1)B(O)OC2)OCc1ccc(F)cc1F. The molecular formula is C17H14BF2NO5. The lowest BCUT2D eigenvalue weighted by atomic mass is 9.79. The molecule has 0 saturated heterocycles. The predicted molar refractivity (Wildman–Crippen MR) is 87.3 cm³/mol. The highest BCUT2D eigenvalue weighted by Gasteiger charge is 2.28. The number of nitrogens with one attached hydrogen (secondary N) is 1. The van der Waals surface area contributed by atoms with E-state index in [4.69, 9.17) is 9.39 Å². The van der Waals surface area contributed by atoms with E-state index in [9.17, 15) is 23.4 Å². The Balaban J connectivity index is 1.51. The summed E-state index contributed by atoms with van der Waals surface area (Å²) in [5, 5.41) is 12.0. The van der Waals surface area contributed by atoms with Crippen molar-refractivity contribution >= 4 is 24.5 Å². The first-order valence-corrected chi connectivity index (χ1v) is 7.74. The Kier molecular flexibility index (Phi) is 5.29. The molecule has 1 amide bonds. The van der Waals surface area contributed by atoms with E-state index in [1.54, 1.807) is 12.1 Å². The maximum atomic E-state index is 13.4. The first kappa shape index (κ1) is 18.0.